The summed E-state index contributed by atoms with van der Waals surface area (Å²) in [5.41, 5.74) is 0.402. The average Bonchev–Trinajstić information content (AvgIpc) is 2.61. The van der Waals surface area contributed by atoms with Crippen molar-refractivity contribution >= 4 is 23.6 Å². The molecule has 1 rings (SSSR count). The third kappa shape index (κ3) is 14.0. The molecule has 1 aromatic carbocycles. The zero-order valence-electron chi connectivity index (χ0n) is 17.8. The van der Waals surface area contributed by atoms with Crippen LogP contribution in [0.3, 0.4) is 0 Å². The van der Waals surface area contributed by atoms with Crippen LogP contribution in [-0.2, 0) is 11.2 Å². The fourth-order valence-electron chi connectivity index (χ4n) is 1.90. The van der Waals surface area contributed by atoms with Crippen molar-refractivity contribution in [3.05, 3.63) is 53.7 Å². The summed E-state index contributed by atoms with van der Waals surface area (Å²) >= 11 is 6.23. The number of benzene rings is 1. The van der Waals surface area contributed by atoms with E-state index in [0.29, 0.717) is 36.1 Å². The van der Waals surface area contributed by atoms with Crippen LogP contribution >= 0.6 is 11.6 Å². The Morgan fingerprint density at radius 1 is 1.41 bits per heavy atom. The van der Waals surface area contributed by atoms with E-state index >= 15 is 0 Å². The van der Waals surface area contributed by atoms with E-state index < -0.39 is 11.7 Å². The molecule has 0 radical (unpaired) electrons. The molecule has 0 spiro atoms. The van der Waals surface area contributed by atoms with Crippen LogP contribution in [-0.4, -0.2) is 24.1 Å². The van der Waals surface area contributed by atoms with Crippen molar-refractivity contribution in [2.24, 2.45) is 4.99 Å². The van der Waals surface area contributed by atoms with E-state index in [0.717, 1.165) is 5.56 Å². The number of halogens is 1. The van der Waals surface area contributed by atoms with Crippen LogP contribution in [0.15, 0.2) is 48.1 Å². The Labute approximate surface area is 178 Å². The van der Waals surface area contributed by atoms with Gasteiger partial charge in [-0.25, -0.2) is 9.79 Å². The van der Waals surface area contributed by atoms with Crippen molar-refractivity contribution < 1.29 is 14.3 Å². The Bertz CT molecular complexity index is 760. The zero-order valence-corrected chi connectivity index (χ0v) is 18.5. The number of aliphatic imine (C=N–C) groups is 1. The number of rotatable bonds is 6. The minimum Gasteiger partial charge on any atom is -0.444 e. The molecule has 6 nitrogen and oxygen atoms in total. The monoisotopic (exact) mass is 419 g/mol. The maximum Gasteiger partial charge on any atom is 0.407 e. The molecule has 1 aromatic rings. The molecule has 158 valence electrons. The van der Waals surface area contributed by atoms with Crippen molar-refractivity contribution in [3.8, 4) is 11.8 Å². The molecule has 0 unspecified atom stereocenters. The Morgan fingerprint density at radius 2 is 2.10 bits per heavy atom. The van der Waals surface area contributed by atoms with Crippen molar-refractivity contribution in [2.75, 3.05) is 6.54 Å². The lowest BCUT2D eigenvalue weighted by atomic mass is 10.1. The normalized spacial score (nSPS) is 11.1. The van der Waals surface area contributed by atoms with Crippen molar-refractivity contribution in [1.29, 1.82) is 5.26 Å². The van der Waals surface area contributed by atoms with Gasteiger partial charge in [0.15, 0.2) is 5.90 Å². The summed E-state index contributed by atoms with van der Waals surface area (Å²) in [6, 6.07) is 7.36. The van der Waals surface area contributed by atoms with Gasteiger partial charge in [-0.15, -0.1) is 0 Å². The molecule has 1 amide bonds. The lowest BCUT2D eigenvalue weighted by molar-refractivity contribution is 0.0528. The van der Waals surface area contributed by atoms with Crippen LogP contribution in [0.2, 0.25) is 5.02 Å². The average molecular weight is 420 g/mol. The van der Waals surface area contributed by atoms with Gasteiger partial charge in [-0.3, -0.25) is 0 Å². The molecule has 0 aliphatic rings. The molecule has 0 heterocycles. The van der Waals surface area contributed by atoms with Crippen LogP contribution in [0.25, 0.3) is 0 Å². The van der Waals surface area contributed by atoms with Gasteiger partial charge in [-0.05, 0) is 51.8 Å². The molecule has 0 aliphatic carbocycles. The van der Waals surface area contributed by atoms with Gasteiger partial charge in [-0.1, -0.05) is 36.4 Å². The standard InChI is InChI=1S/C17H23ClN2O3.C5H7N/c1-6-19-12(2)22-14-8-7-13(15(18)11-14)9-10-20-16(21)23-17(3,4)5;1-2-3-4-5-6/h6-8,11H,1,9-10H2,2-5H3,(H,20,21);2-3H,4H2,1H3/b;3-2-. The minimum absolute atomic E-state index is 0.436. The van der Waals surface area contributed by atoms with Gasteiger partial charge in [0.25, 0.3) is 0 Å². The van der Waals surface area contributed by atoms with Gasteiger partial charge in [0.1, 0.15) is 11.4 Å². The summed E-state index contributed by atoms with van der Waals surface area (Å²) in [4.78, 5) is 15.5. The Hall–Kier alpha value is -2.78. The van der Waals surface area contributed by atoms with Gasteiger partial charge in [0, 0.05) is 24.7 Å². The first kappa shape index (κ1) is 26.2. The van der Waals surface area contributed by atoms with E-state index in [4.69, 9.17) is 26.3 Å². The molecule has 0 aliphatic heterocycles. The summed E-state index contributed by atoms with van der Waals surface area (Å²) in [6.45, 7) is 13.0. The summed E-state index contributed by atoms with van der Waals surface area (Å²) in [7, 11) is 0. The number of alkyl carbamates (subject to hydrolysis) is 1. The summed E-state index contributed by atoms with van der Waals surface area (Å²) < 4.78 is 10.7. The predicted molar refractivity (Wildman–Crippen MR) is 118 cm³/mol. The molecule has 0 saturated heterocycles. The Kier molecular flexibility index (Phi) is 12.9. The number of carbonyl (C=O) groups is 1. The van der Waals surface area contributed by atoms with Crippen LogP contribution in [0.1, 0.15) is 46.6 Å². The second kappa shape index (κ2) is 14.3. The second-order valence-electron chi connectivity index (χ2n) is 6.80. The number of hydrogen-bond acceptors (Lipinski definition) is 5. The smallest absolute Gasteiger partial charge is 0.407 e. The minimum atomic E-state index is -0.508. The van der Waals surface area contributed by atoms with Crippen LogP contribution in [0.5, 0.6) is 5.75 Å². The highest BCUT2D eigenvalue weighted by molar-refractivity contribution is 6.31. The number of carbonyl (C=O) groups excluding carboxylic acids is 1. The van der Waals surface area contributed by atoms with Crippen molar-refractivity contribution in [3.63, 3.8) is 0 Å². The highest BCUT2D eigenvalue weighted by atomic mass is 35.5. The second-order valence-corrected chi connectivity index (χ2v) is 7.20. The third-order valence-electron chi connectivity index (χ3n) is 3.07. The number of nitrogens with zero attached hydrogens (tertiary/aromatic N) is 2. The fraction of sp³-hybridized carbons (Fsp3) is 0.409. The Balaban J connectivity index is 0.00000113. The first-order valence-electron chi connectivity index (χ1n) is 9.19. The van der Waals surface area contributed by atoms with E-state index in [-0.39, 0.29) is 0 Å². The van der Waals surface area contributed by atoms with Gasteiger partial charge in [-0.2, -0.15) is 5.26 Å². The largest absolute Gasteiger partial charge is 0.444 e. The molecule has 0 atom stereocenters. The number of ether oxygens (including phenoxy) is 2. The zero-order chi connectivity index (χ0) is 22.3. The summed E-state index contributed by atoms with van der Waals surface area (Å²) in [5.74, 6) is 1.08. The number of amides is 1. The van der Waals surface area contributed by atoms with Crippen molar-refractivity contribution in [2.45, 2.75) is 53.1 Å². The fourth-order valence-corrected chi connectivity index (χ4v) is 2.17. The molecule has 7 heteroatoms. The van der Waals surface area contributed by atoms with Gasteiger partial charge < -0.3 is 14.8 Å². The molecule has 0 saturated carbocycles. The lowest BCUT2D eigenvalue weighted by Gasteiger charge is -2.19. The molecule has 1 N–H and O–H groups in total. The molecule has 29 heavy (non-hydrogen) atoms. The van der Waals surface area contributed by atoms with Gasteiger partial charge in [0.2, 0.25) is 0 Å². The molecule has 0 aromatic heterocycles. The number of hydrogen-bond donors (Lipinski definition) is 1. The first-order valence-corrected chi connectivity index (χ1v) is 9.57. The third-order valence-corrected chi connectivity index (χ3v) is 3.42. The van der Waals surface area contributed by atoms with E-state index in [9.17, 15) is 4.79 Å². The van der Waals surface area contributed by atoms with Gasteiger partial charge in [0.05, 0.1) is 12.5 Å². The van der Waals surface area contributed by atoms with Crippen LogP contribution in [0.4, 0.5) is 4.79 Å². The highest BCUT2D eigenvalue weighted by Gasteiger charge is 2.15. The summed E-state index contributed by atoms with van der Waals surface area (Å²) in [6.07, 6.45) is 5.79. The number of allylic oxidation sites excluding steroid dienone is 2. The topological polar surface area (TPSA) is 83.7 Å². The van der Waals surface area contributed by atoms with E-state index in [1.165, 1.54) is 6.20 Å². The maximum absolute atomic E-state index is 11.6. The first-order chi connectivity index (χ1) is 13.6. The maximum atomic E-state index is 11.6. The van der Waals surface area contributed by atoms with Crippen LogP contribution < -0.4 is 10.1 Å². The molecular weight excluding hydrogens is 390 g/mol. The highest BCUT2D eigenvalue weighted by Crippen LogP contribution is 2.23. The SMILES string of the molecule is C/C=C\CC#N.C=CN=C(C)Oc1ccc(CCNC(=O)OC(C)(C)C)c(Cl)c1. The summed E-state index contributed by atoms with van der Waals surface area (Å²) in [5, 5.41) is 11.2. The molecule has 0 fully saturated rings. The Morgan fingerprint density at radius 3 is 2.59 bits per heavy atom. The lowest BCUT2D eigenvalue weighted by Crippen LogP contribution is -2.33. The van der Waals surface area contributed by atoms with E-state index in [2.05, 4.69) is 16.9 Å². The number of nitriles is 1. The number of nitrogens with one attached hydrogen (secondary N) is 1. The molecular formula is C22H30ClN3O3. The quantitative estimate of drug-likeness (QED) is 0.357. The predicted octanol–water partition coefficient (Wildman–Crippen LogP) is 5.82. The van der Waals surface area contributed by atoms with Gasteiger partial charge >= 0.3 is 6.09 Å². The van der Waals surface area contributed by atoms with Crippen LogP contribution in [0, 0.1) is 11.3 Å². The van der Waals surface area contributed by atoms with Crippen molar-refractivity contribution in [1.82, 2.24) is 5.32 Å². The van der Waals surface area contributed by atoms with E-state index in [1.54, 1.807) is 19.1 Å². The molecule has 0 bridgehead atoms. The van der Waals surface area contributed by atoms with E-state index in [1.807, 2.05) is 52.0 Å².